The van der Waals surface area contributed by atoms with Crippen LogP contribution in [0, 0.1) is 0 Å². The predicted octanol–water partition coefficient (Wildman–Crippen LogP) is -2.90. The molecule has 0 unspecified atom stereocenters. The molecule has 0 aromatic heterocycles. The average molecular weight is 471 g/mol. The molecule has 1 rings (SSSR count). The van der Waals surface area contributed by atoms with Gasteiger partial charge in [-0.05, 0) is 45.3 Å². The summed E-state index contributed by atoms with van der Waals surface area (Å²) in [4.78, 5) is 55.0. The minimum Gasteiger partial charge on any atom is -0.369 e. The molecule has 0 radical (unpaired) electrons. The lowest BCUT2D eigenvalue weighted by Gasteiger charge is -2.31. The summed E-state index contributed by atoms with van der Waals surface area (Å²) in [6, 6.07) is 0. The van der Waals surface area contributed by atoms with Crippen molar-refractivity contribution < 1.29 is 19.2 Å². The van der Waals surface area contributed by atoms with Crippen LogP contribution in [-0.4, -0.2) is 122 Å². The van der Waals surface area contributed by atoms with Crippen LogP contribution in [0.1, 0.15) is 32.1 Å². The zero-order valence-electron chi connectivity index (χ0n) is 19.8. The Morgan fingerprint density at radius 2 is 1.00 bits per heavy atom. The van der Waals surface area contributed by atoms with Crippen molar-refractivity contribution in [2.24, 2.45) is 22.9 Å². The number of nitrogens with two attached hydrogens (primary N) is 4. The minimum absolute atomic E-state index is 0.0589. The maximum absolute atomic E-state index is 12.8. The van der Waals surface area contributed by atoms with Gasteiger partial charge in [0.2, 0.25) is 23.6 Å². The number of rotatable bonds is 10. The van der Waals surface area contributed by atoms with Crippen LogP contribution in [0.2, 0.25) is 0 Å². The molecule has 12 nitrogen and oxygen atoms in total. The fraction of sp³-hybridized carbons (Fsp3) is 0.810. The summed E-state index contributed by atoms with van der Waals surface area (Å²) >= 11 is 0. The third-order valence-corrected chi connectivity index (χ3v) is 5.61. The number of carbonyl (C=O) groups excluding carboxylic acids is 4. The third-order valence-electron chi connectivity index (χ3n) is 5.61. The third kappa shape index (κ3) is 13.8. The van der Waals surface area contributed by atoms with Gasteiger partial charge < -0.3 is 27.8 Å². The van der Waals surface area contributed by atoms with Gasteiger partial charge in [-0.2, -0.15) is 0 Å². The van der Waals surface area contributed by atoms with E-state index in [1.165, 1.54) is 0 Å². The van der Waals surface area contributed by atoms with Crippen molar-refractivity contribution >= 4 is 23.6 Å². The van der Waals surface area contributed by atoms with E-state index in [2.05, 4.69) is 0 Å². The van der Waals surface area contributed by atoms with Gasteiger partial charge in [0.25, 0.3) is 0 Å². The van der Waals surface area contributed by atoms with E-state index in [9.17, 15) is 19.2 Å². The van der Waals surface area contributed by atoms with Crippen LogP contribution in [0.5, 0.6) is 0 Å². The van der Waals surface area contributed by atoms with E-state index >= 15 is 0 Å². The molecule has 0 aliphatic carbocycles. The van der Waals surface area contributed by atoms with Crippen LogP contribution < -0.4 is 22.9 Å². The van der Waals surface area contributed by atoms with Crippen molar-refractivity contribution in [1.29, 1.82) is 0 Å². The molecule has 190 valence electrons. The number of amides is 4. The van der Waals surface area contributed by atoms with Crippen LogP contribution in [0.4, 0.5) is 0 Å². The smallest absolute Gasteiger partial charge is 0.231 e. The Bertz CT molecular complexity index is 633. The Morgan fingerprint density at radius 3 is 1.42 bits per heavy atom. The number of carbonyl (C=O) groups is 4. The van der Waals surface area contributed by atoms with Crippen molar-refractivity contribution in [2.45, 2.75) is 32.1 Å². The molecular formula is C21H42N8O4. The molecule has 0 saturated carbocycles. The summed E-state index contributed by atoms with van der Waals surface area (Å²) in [7, 11) is 0. The van der Waals surface area contributed by atoms with Gasteiger partial charge >= 0.3 is 0 Å². The van der Waals surface area contributed by atoms with Crippen LogP contribution in [0.3, 0.4) is 0 Å². The first-order chi connectivity index (χ1) is 15.7. The van der Waals surface area contributed by atoms with Crippen molar-refractivity contribution in [2.75, 3.05) is 78.5 Å². The summed E-state index contributed by atoms with van der Waals surface area (Å²) in [5.41, 5.74) is 21.8. The van der Waals surface area contributed by atoms with Crippen molar-refractivity contribution in [3.8, 4) is 0 Å². The highest BCUT2D eigenvalue weighted by Crippen LogP contribution is 2.06. The first-order valence-corrected chi connectivity index (χ1v) is 11.7. The van der Waals surface area contributed by atoms with Crippen molar-refractivity contribution in [3.63, 3.8) is 0 Å². The second-order valence-electron chi connectivity index (χ2n) is 8.56. The fourth-order valence-corrected chi connectivity index (χ4v) is 3.96. The van der Waals surface area contributed by atoms with E-state index in [-0.39, 0.29) is 25.5 Å². The SMILES string of the molecule is NCCCCC(=O)N1CCCN(CC(N)=O)CCN(CC(N)=O)CCCN(CC(N)=O)CC1. The number of unbranched alkanes of at least 4 members (excludes halogenated alkanes) is 1. The van der Waals surface area contributed by atoms with E-state index < -0.39 is 17.7 Å². The van der Waals surface area contributed by atoms with Gasteiger partial charge in [-0.15, -0.1) is 0 Å². The normalized spacial score (nSPS) is 18.5. The molecule has 4 amide bonds. The van der Waals surface area contributed by atoms with Gasteiger partial charge in [0.15, 0.2) is 0 Å². The zero-order valence-corrected chi connectivity index (χ0v) is 19.8. The molecule has 0 spiro atoms. The fourth-order valence-electron chi connectivity index (χ4n) is 3.96. The molecule has 1 heterocycles. The summed E-state index contributed by atoms with van der Waals surface area (Å²) in [6.45, 7) is 5.31. The van der Waals surface area contributed by atoms with Gasteiger partial charge in [-0.1, -0.05) is 0 Å². The van der Waals surface area contributed by atoms with Gasteiger partial charge in [0.05, 0.1) is 19.6 Å². The maximum Gasteiger partial charge on any atom is 0.231 e. The molecule has 8 N–H and O–H groups in total. The van der Waals surface area contributed by atoms with E-state index in [1.807, 2.05) is 19.6 Å². The minimum atomic E-state index is -0.423. The van der Waals surface area contributed by atoms with E-state index in [1.54, 1.807) is 0 Å². The van der Waals surface area contributed by atoms with Gasteiger partial charge in [-0.3, -0.25) is 33.9 Å². The molecule has 0 aromatic rings. The highest BCUT2D eigenvalue weighted by Gasteiger charge is 2.19. The molecule has 0 atom stereocenters. The molecule has 1 aliphatic rings. The van der Waals surface area contributed by atoms with E-state index in [0.29, 0.717) is 78.2 Å². The monoisotopic (exact) mass is 470 g/mol. The molecule has 0 bridgehead atoms. The Balaban J connectivity index is 2.92. The first-order valence-electron chi connectivity index (χ1n) is 11.7. The Morgan fingerprint density at radius 1 is 0.576 bits per heavy atom. The molecule has 1 aliphatic heterocycles. The second-order valence-corrected chi connectivity index (χ2v) is 8.56. The van der Waals surface area contributed by atoms with Crippen LogP contribution >= 0.6 is 0 Å². The Kier molecular flexibility index (Phi) is 14.2. The molecular weight excluding hydrogens is 428 g/mol. The van der Waals surface area contributed by atoms with Gasteiger partial charge in [0, 0.05) is 45.7 Å². The largest absolute Gasteiger partial charge is 0.369 e. The topological polar surface area (TPSA) is 185 Å². The van der Waals surface area contributed by atoms with Gasteiger partial charge in [-0.25, -0.2) is 0 Å². The Hall–Kier alpha value is -2.28. The highest BCUT2D eigenvalue weighted by molar-refractivity contribution is 5.77. The summed E-state index contributed by atoms with van der Waals surface area (Å²) in [5.74, 6) is -1.21. The quantitative estimate of drug-likeness (QED) is 0.245. The Labute approximate surface area is 196 Å². The number of hydrogen-bond acceptors (Lipinski definition) is 8. The van der Waals surface area contributed by atoms with Crippen LogP contribution in [0.15, 0.2) is 0 Å². The lowest BCUT2D eigenvalue weighted by molar-refractivity contribution is -0.131. The highest BCUT2D eigenvalue weighted by atomic mass is 16.2. The molecule has 0 aromatic carbocycles. The van der Waals surface area contributed by atoms with Crippen LogP contribution in [0.25, 0.3) is 0 Å². The molecule has 33 heavy (non-hydrogen) atoms. The van der Waals surface area contributed by atoms with Crippen molar-refractivity contribution in [1.82, 2.24) is 19.6 Å². The number of hydrogen-bond donors (Lipinski definition) is 4. The van der Waals surface area contributed by atoms with Crippen LogP contribution in [-0.2, 0) is 19.2 Å². The lowest BCUT2D eigenvalue weighted by atomic mass is 10.2. The zero-order chi connectivity index (χ0) is 24.6. The van der Waals surface area contributed by atoms with E-state index in [0.717, 1.165) is 12.8 Å². The summed E-state index contributed by atoms with van der Waals surface area (Å²) in [6.07, 6.45) is 3.32. The summed E-state index contributed by atoms with van der Waals surface area (Å²) in [5, 5.41) is 0. The van der Waals surface area contributed by atoms with Crippen molar-refractivity contribution in [3.05, 3.63) is 0 Å². The standard InChI is InChI=1S/C21H42N8O4/c22-6-2-1-5-21(33)29-10-4-9-27(16-19(24)31)12-11-26(15-18(23)30)7-3-8-28(13-14-29)17-20(25)32/h1-17,22H2,(H2,23,30)(H2,24,31)(H2,25,32). The number of nitrogens with zero attached hydrogens (tertiary/aromatic N) is 4. The summed E-state index contributed by atoms with van der Waals surface area (Å²) < 4.78 is 0. The van der Waals surface area contributed by atoms with E-state index in [4.69, 9.17) is 22.9 Å². The predicted molar refractivity (Wildman–Crippen MR) is 126 cm³/mol. The second kappa shape index (κ2) is 16.4. The first kappa shape index (κ1) is 28.8. The van der Waals surface area contributed by atoms with Gasteiger partial charge in [0.1, 0.15) is 0 Å². The lowest BCUT2D eigenvalue weighted by Crippen LogP contribution is -2.46. The molecule has 1 saturated heterocycles. The molecule has 12 heteroatoms. The maximum atomic E-state index is 12.8. The average Bonchev–Trinajstić information content (AvgIpc) is 2.72. The number of primary amides is 3. The molecule has 1 fully saturated rings.